The Morgan fingerprint density at radius 1 is 1.67 bits per heavy atom. The van der Waals surface area contributed by atoms with Crippen LogP contribution < -0.4 is 5.56 Å². The number of rotatable bonds is 2. The summed E-state index contributed by atoms with van der Waals surface area (Å²) in [5.74, 6) is 0.493. The summed E-state index contributed by atoms with van der Waals surface area (Å²) in [4.78, 5) is 18.2. The van der Waals surface area contributed by atoms with E-state index in [-0.39, 0.29) is 10.8 Å². The molecule has 1 aliphatic carbocycles. The molecule has 0 aromatic carbocycles. The third kappa shape index (κ3) is 2.12. The molecule has 0 aliphatic heterocycles. The van der Waals surface area contributed by atoms with E-state index in [1.165, 1.54) is 0 Å². The molecule has 1 N–H and O–H groups in total. The Morgan fingerprint density at radius 3 is 3.20 bits per heavy atom. The lowest BCUT2D eigenvalue weighted by atomic mass is 9.91. The van der Waals surface area contributed by atoms with Crippen LogP contribution in [0.5, 0.6) is 0 Å². The van der Waals surface area contributed by atoms with Crippen molar-refractivity contribution in [1.82, 2.24) is 9.97 Å². The summed E-state index contributed by atoms with van der Waals surface area (Å²) in [6.07, 6.45) is 7.05. The Morgan fingerprint density at radius 2 is 2.47 bits per heavy atom. The molecule has 1 aromatic heterocycles. The highest BCUT2D eigenvalue weighted by Crippen LogP contribution is 2.22. The molecule has 1 aliphatic rings. The van der Waals surface area contributed by atoms with Gasteiger partial charge in [-0.3, -0.25) is 9.78 Å². The molecule has 0 radical (unpaired) electrons. The SMILES string of the molecule is CCCC1C=Cc2c(nc(Cl)[nH]c2=O)C1. The number of aromatic nitrogens is 2. The van der Waals surface area contributed by atoms with Crippen LogP contribution in [0.25, 0.3) is 6.08 Å². The molecule has 80 valence electrons. The second kappa shape index (κ2) is 4.19. The zero-order chi connectivity index (χ0) is 10.8. The van der Waals surface area contributed by atoms with Gasteiger partial charge >= 0.3 is 0 Å². The molecule has 1 atom stereocenters. The van der Waals surface area contributed by atoms with E-state index in [1.54, 1.807) is 0 Å². The van der Waals surface area contributed by atoms with Crippen LogP contribution in [0.2, 0.25) is 5.28 Å². The molecule has 3 nitrogen and oxygen atoms in total. The van der Waals surface area contributed by atoms with Gasteiger partial charge in [0.05, 0.1) is 11.3 Å². The number of nitrogens with zero attached hydrogens (tertiary/aromatic N) is 1. The molecule has 15 heavy (non-hydrogen) atoms. The maximum absolute atomic E-state index is 11.5. The first kappa shape index (κ1) is 10.4. The Labute approximate surface area is 93.2 Å². The number of aromatic amines is 1. The smallest absolute Gasteiger partial charge is 0.259 e. The summed E-state index contributed by atoms with van der Waals surface area (Å²) >= 11 is 5.72. The van der Waals surface area contributed by atoms with E-state index in [4.69, 9.17) is 11.6 Å². The Hall–Kier alpha value is -1.09. The number of nitrogens with one attached hydrogen (secondary N) is 1. The molecular formula is C11H13ClN2O. The second-order valence-corrected chi connectivity index (χ2v) is 4.19. The monoisotopic (exact) mass is 224 g/mol. The molecule has 1 aromatic rings. The van der Waals surface area contributed by atoms with Gasteiger partial charge < -0.3 is 0 Å². The van der Waals surface area contributed by atoms with Crippen molar-refractivity contribution in [2.75, 3.05) is 0 Å². The van der Waals surface area contributed by atoms with E-state index in [0.29, 0.717) is 11.5 Å². The number of fused-ring (bicyclic) bond motifs is 1. The lowest BCUT2D eigenvalue weighted by Crippen LogP contribution is -2.19. The highest BCUT2D eigenvalue weighted by atomic mass is 35.5. The molecule has 1 heterocycles. The molecule has 0 saturated heterocycles. The van der Waals surface area contributed by atoms with E-state index in [1.807, 2.05) is 6.08 Å². The summed E-state index contributed by atoms with van der Waals surface area (Å²) in [6, 6.07) is 0. The van der Waals surface area contributed by atoms with Gasteiger partial charge in [0, 0.05) is 0 Å². The van der Waals surface area contributed by atoms with Crippen molar-refractivity contribution in [2.24, 2.45) is 5.92 Å². The predicted molar refractivity (Wildman–Crippen MR) is 61.0 cm³/mol. The maximum atomic E-state index is 11.5. The first-order valence-electron chi connectivity index (χ1n) is 5.17. The Bertz CT molecular complexity index is 450. The van der Waals surface area contributed by atoms with E-state index in [2.05, 4.69) is 23.0 Å². The molecule has 0 amide bonds. The molecule has 0 fully saturated rings. The number of hydrogen-bond acceptors (Lipinski definition) is 2. The zero-order valence-electron chi connectivity index (χ0n) is 8.59. The molecule has 0 saturated carbocycles. The van der Waals surface area contributed by atoms with Crippen molar-refractivity contribution < 1.29 is 0 Å². The van der Waals surface area contributed by atoms with Gasteiger partial charge in [0.1, 0.15) is 0 Å². The van der Waals surface area contributed by atoms with Crippen molar-refractivity contribution >= 4 is 17.7 Å². The fourth-order valence-electron chi connectivity index (χ4n) is 1.94. The first-order chi connectivity index (χ1) is 7.20. The van der Waals surface area contributed by atoms with Crippen molar-refractivity contribution in [1.29, 1.82) is 0 Å². The normalized spacial score (nSPS) is 18.9. The standard InChI is InChI=1S/C11H13ClN2O/c1-2-3-7-4-5-8-9(6-7)13-11(12)14-10(8)15/h4-5,7H,2-3,6H2,1H3,(H,13,14,15). The topological polar surface area (TPSA) is 45.8 Å². The summed E-state index contributed by atoms with van der Waals surface area (Å²) in [6.45, 7) is 2.15. The number of allylic oxidation sites excluding steroid dienone is 1. The van der Waals surface area contributed by atoms with Gasteiger partial charge in [0.25, 0.3) is 5.56 Å². The van der Waals surface area contributed by atoms with E-state index < -0.39 is 0 Å². The van der Waals surface area contributed by atoms with E-state index in [0.717, 1.165) is 25.0 Å². The van der Waals surface area contributed by atoms with Crippen LogP contribution in [0.15, 0.2) is 10.9 Å². The minimum absolute atomic E-state index is 0.142. The van der Waals surface area contributed by atoms with Gasteiger partial charge in [0.15, 0.2) is 0 Å². The van der Waals surface area contributed by atoms with Gasteiger partial charge in [-0.1, -0.05) is 25.5 Å². The fraction of sp³-hybridized carbons (Fsp3) is 0.455. The summed E-state index contributed by atoms with van der Waals surface area (Å²) < 4.78 is 0. The van der Waals surface area contributed by atoms with Gasteiger partial charge in [0.2, 0.25) is 5.28 Å². The molecule has 2 rings (SSSR count). The van der Waals surface area contributed by atoms with E-state index in [9.17, 15) is 4.79 Å². The van der Waals surface area contributed by atoms with Crippen molar-refractivity contribution in [3.8, 4) is 0 Å². The highest BCUT2D eigenvalue weighted by molar-refractivity contribution is 6.28. The van der Waals surface area contributed by atoms with Crippen molar-refractivity contribution in [3.05, 3.63) is 33.0 Å². The minimum atomic E-state index is -0.142. The number of halogens is 1. The lowest BCUT2D eigenvalue weighted by Gasteiger charge is -2.17. The van der Waals surface area contributed by atoms with Crippen LogP contribution in [0.3, 0.4) is 0 Å². The number of hydrogen-bond donors (Lipinski definition) is 1. The maximum Gasteiger partial charge on any atom is 0.259 e. The quantitative estimate of drug-likeness (QED) is 0.785. The average Bonchev–Trinajstić information content (AvgIpc) is 2.17. The third-order valence-corrected chi connectivity index (χ3v) is 2.83. The second-order valence-electron chi connectivity index (χ2n) is 3.83. The van der Waals surface area contributed by atoms with Gasteiger partial charge in [-0.15, -0.1) is 0 Å². The molecular weight excluding hydrogens is 212 g/mol. The van der Waals surface area contributed by atoms with Crippen LogP contribution in [-0.2, 0) is 6.42 Å². The van der Waals surface area contributed by atoms with Gasteiger partial charge in [-0.2, -0.15) is 0 Å². The van der Waals surface area contributed by atoms with E-state index >= 15 is 0 Å². The summed E-state index contributed by atoms with van der Waals surface area (Å²) in [5, 5.41) is 0.185. The van der Waals surface area contributed by atoms with Gasteiger partial charge in [-0.05, 0) is 30.4 Å². The van der Waals surface area contributed by atoms with Crippen LogP contribution in [0, 0.1) is 5.92 Å². The largest absolute Gasteiger partial charge is 0.297 e. The van der Waals surface area contributed by atoms with Crippen LogP contribution in [-0.4, -0.2) is 9.97 Å². The number of H-pyrrole nitrogens is 1. The summed E-state index contributed by atoms with van der Waals surface area (Å²) in [5.41, 5.74) is 1.34. The van der Waals surface area contributed by atoms with Crippen LogP contribution in [0.1, 0.15) is 31.0 Å². The minimum Gasteiger partial charge on any atom is -0.297 e. The fourth-order valence-corrected chi connectivity index (χ4v) is 2.13. The Balaban J connectivity index is 2.37. The van der Waals surface area contributed by atoms with Crippen molar-refractivity contribution in [2.45, 2.75) is 26.2 Å². The third-order valence-electron chi connectivity index (χ3n) is 2.66. The van der Waals surface area contributed by atoms with Crippen molar-refractivity contribution in [3.63, 3.8) is 0 Å². The molecule has 0 bridgehead atoms. The molecule has 4 heteroatoms. The molecule has 0 spiro atoms. The predicted octanol–water partition coefficient (Wildman–Crippen LogP) is 2.41. The van der Waals surface area contributed by atoms with Gasteiger partial charge in [-0.25, -0.2) is 4.98 Å². The summed E-state index contributed by atoms with van der Waals surface area (Å²) in [7, 11) is 0. The van der Waals surface area contributed by atoms with Crippen LogP contribution in [0.4, 0.5) is 0 Å². The first-order valence-corrected chi connectivity index (χ1v) is 5.55. The van der Waals surface area contributed by atoms with Crippen LogP contribution >= 0.6 is 11.6 Å². The Kier molecular flexibility index (Phi) is 2.91. The zero-order valence-corrected chi connectivity index (χ0v) is 9.34. The lowest BCUT2D eigenvalue weighted by molar-refractivity contribution is 0.565. The average molecular weight is 225 g/mol. The highest BCUT2D eigenvalue weighted by Gasteiger charge is 2.17. The molecule has 1 unspecified atom stereocenters.